The van der Waals surface area contributed by atoms with E-state index in [2.05, 4.69) is 24.9 Å². The number of nitriles is 1. The lowest BCUT2D eigenvalue weighted by atomic mass is 10.0. The van der Waals surface area contributed by atoms with Crippen LogP contribution in [0.5, 0.6) is 0 Å². The fourth-order valence-corrected chi connectivity index (χ4v) is 6.23. The number of carbonyl (C=O) groups excluding carboxylic acids is 1. The quantitative estimate of drug-likeness (QED) is 0.394. The Balaban J connectivity index is 1.98. The molecule has 0 bridgehead atoms. The Morgan fingerprint density at radius 1 is 1.32 bits per heavy atom. The van der Waals surface area contributed by atoms with E-state index in [0.29, 0.717) is 42.0 Å². The molecule has 0 aliphatic carbocycles. The van der Waals surface area contributed by atoms with Crippen molar-refractivity contribution in [1.82, 2.24) is 14.3 Å². The third-order valence-electron chi connectivity index (χ3n) is 5.00. The molecule has 0 atom stereocenters. The number of hydrogen-bond donors (Lipinski definition) is 1. The first-order valence-electron chi connectivity index (χ1n) is 11.0. The summed E-state index contributed by atoms with van der Waals surface area (Å²) in [5.74, 6) is 0.321. The lowest BCUT2D eigenvalue weighted by Crippen LogP contribution is -2.31. The lowest BCUT2D eigenvalue weighted by Gasteiger charge is -2.10. The number of amides is 1. The molecule has 3 rings (SSSR count). The summed E-state index contributed by atoms with van der Waals surface area (Å²) in [6.45, 7) is 6.67. The van der Waals surface area contributed by atoms with E-state index in [9.17, 15) is 18.5 Å². The Hall–Kier alpha value is -3.16. The number of nitrogens with zero attached hydrogens (tertiary/aromatic N) is 3. The lowest BCUT2D eigenvalue weighted by molar-refractivity contribution is 0.151. The third-order valence-corrected chi connectivity index (χ3v) is 8.01. The number of benzene rings is 1. The van der Waals surface area contributed by atoms with E-state index in [-0.39, 0.29) is 10.8 Å². The van der Waals surface area contributed by atoms with Crippen LogP contribution in [0.25, 0.3) is 11.1 Å². The summed E-state index contributed by atoms with van der Waals surface area (Å²) >= 11 is 1.13. The number of nitrogens with one attached hydrogen (secondary N) is 1. The number of thiophene rings is 1. The molecular weight excluding hydrogens is 472 g/mol. The van der Waals surface area contributed by atoms with Crippen molar-refractivity contribution in [3.8, 4) is 17.2 Å². The van der Waals surface area contributed by atoms with Gasteiger partial charge in [0.25, 0.3) is 10.0 Å². The maximum Gasteiger partial charge on any atom is 0.421 e. The molecule has 8 nitrogen and oxygen atoms in total. The van der Waals surface area contributed by atoms with E-state index < -0.39 is 16.1 Å². The van der Waals surface area contributed by atoms with Crippen molar-refractivity contribution < 1.29 is 17.9 Å². The van der Waals surface area contributed by atoms with Crippen molar-refractivity contribution in [3.05, 3.63) is 59.0 Å². The monoisotopic (exact) mass is 500 g/mol. The number of rotatable bonds is 10. The van der Waals surface area contributed by atoms with E-state index in [1.807, 2.05) is 34.5 Å². The number of carbonyl (C=O) groups is 1. The third kappa shape index (κ3) is 6.46. The molecule has 2 heterocycles. The number of ether oxygens (including phenoxy) is 1. The molecule has 0 unspecified atom stereocenters. The Morgan fingerprint density at radius 3 is 2.76 bits per heavy atom. The molecule has 0 spiro atoms. The van der Waals surface area contributed by atoms with E-state index in [1.54, 1.807) is 24.7 Å². The highest BCUT2D eigenvalue weighted by molar-refractivity contribution is 7.92. The van der Waals surface area contributed by atoms with Gasteiger partial charge in [0.1, 0.15) is 4.21 Å². The standard InChI is InChI=1S/C24H28N4O4S2/c1-4-5-10-32-24(29)27-34(30,31)23-22(13-21(33-23)11-17(2)3)18-6-7-19(20(12-18)14-25)15-28-9-8-26-16-28/h6-9,12-13,16-17H,4-5,10-11,15H2,1-3H3,(H,27,29). The molecule has 0 fully saturated rings. The molecule has 180 valence electrons. The minimum atomic E-state index is -4.16. The van der Waals surface area contributed by atoms with E-state index in [0.717, 1.165) is 28.2 Å². The van der Waals surface area contributed by atoms with E-state index >= 15 is 0 Å². The minimum absolute atomic E-state index is 0.0295. The minimum Gasteiger partial charge on any atom is -0.449 e. The SMILES string of the molecule is CCCCOC(=O)NS(=O)(=O)c1sc(CC(C)C)cc1-c1ccc(Cn2ccnc2)c(C#N)c1. The first-order chi connectivity index (χ1) is 16.2. The molecule has 0 radical (unpaired) electrons. The van der Waals surface area contributed by atoms with Gasteiger partial charge in [0.15, 0.2) is 0 Å². The topological polar surface area (TPSA) is 114 Å². The van der Waals surface area contributed by atoms with Gasteiger partial charge in [0.2, 0.25) is 0 Å². The number of sulfonamides is 1. The summed E-state index contributed by atoms with van der Waals surface area (Å²) < 4.78 is 35.1. The Kier molecular flexibility index (Phi) is 8.47. The number of imidazole rings is 1. The highest BCUT2D eigenvalue weighted by Gasteiger charge is 2.26. The van der Waals surface area contributed by atoms with Crippen molar-refractivity contribution in [3.63, 3.8) is 0 Å². The van der Waals surface area contributed by atoms with Crippen LogP contribution in [0, 0.1) is 17.2 Å². The second kappa shape index (κ2) is 11.3. The maximum absolute atomic E-state index is 13.1. The van der Waals surface area contributed by atoms with Crippen LogP contribution in [0.4, 0.5) is 4.79 Å². The number of aromatic nitrogens is 2. The average Bonchev–Trinajstić information content (AvgIpc) is 3.44. The molecule has 0 saturated carbocycles. The zero-order valence-corrected chi connectivity index (χ0v) is 21.1. The summed E-state index contributed by atoms with van der Waals surface area (Å²) in [6, 6.07) is 9.33. The largest absolute Gasteiger partial charge is 0.449 e. The van der Waals surface area contributed by atoms with Crippen LogP contribution in [0.3, 0.4) is 0 Å². The van der Waals surface area contributed by atoms with Crippen LogP contribution in [0.1, 0.15) is 49.6 Å². The molecule has 10 heteroatoms. The van der Waals surface area contributed by atoms with Gasteiger partial charge in [-0.25, -0.2) is 22.9 Å². The molecule has 2 aromatic heterocycles. The van der Waals surface area contributed by atoms with Crippen molar-refractivity contribution in [2.75, 3.05) is 6.61 Å². The molecule has 0 saturated heterocycles. The maximum atomic E-state index is 13.1. The fraction of sp³-hybridized carbons (Fsp3) is 0.375. The van der Waals surface area contributed by atoms with Gasteiger partial charge in [-0.1, -0.05) is 39.3 Å². The zero-order valence-electron chi connectivity index (χ0n) is 19.4. The van der Waals surface area contributed by atoms with E-state index in [1.165, 1.54) is 0 Å². The molecule has 3 aromatic rings. The van der Waals surface area contributed by atoms with Gasteiger partial charge in [-0.15, -0.1) is 11.3 Å². The Labute approximate surface area is 204 Å². The normalized spacial score (nSPS) is 11.4. The van der Waals surface area contributed by atoms with Crippen LogP contribution < -0.4 is 4.72 Å². The average molecular weight is 501 g/mol. The summed E-state index contributed by atoms with van der Waals surface area (Å²) in [4.78, 5) is 17.0. The molecule has 1 amide bonds. The summed E-state index contributed by atoms with van der Waals surface area (Å²) in [7, 11) is -4.16. The number of unbranched alkanes of at least 4 members (excludes halogenated alkanes) is 1. The van der Waals surface area contributed by atoms with Gasteiger partial charge in [-0.2, -0.15) is 5.26 Å². The molecule has 1 aromatic carbocycles. The van der Waals surface area contributed by atoms with Crippen LogP contribution in [0.15, 0.2) is 47.2 Å². The van der Waals surface area contributed by atoms with Crippen LogP contribution in [-0.4, -0.2) is 30.7 Å². The van der Waals surface area contributed by atoms with Crippen LogP contribution in [0.2, 0.25) is 0 Å². The summed E-state index contributed by atoms with van der Waals surface area (Å²) in [5.41, 5.74) is 2.29. The van der Waals surface area contributed by atoms with E-state index in [4.69, 9.17) is 4.74 Å². The molecule has 34 heavy (non-hydrogen) atoms. The van der Waals surface area contributed by atoms with Gasteiger partial charge in [-0.3, -0.25) is 0 Å². The van der Waals surface area contributed by atoms with Gasteiger partial charge in [-0.05, 0) is 42.0 Å². The molecular formula is C24H28N4O4S2. The first-order valence-corrected chi connectivity index (χ1v) is 13.3. The molecule has 1 N–H and O–H groups in total. The smallest absolute Gasteiger partial charge is 0.421 e. The van der Waals surface area contributed by atoms with Crippen LogP contribution >= 0.6 is 11.3 Å². The second-order valence-electron chi connectivity index (χ2n) is 8.33. The fourth-order valence-electron chi connectivity index (χ4n) is 3.38. The van der Waals surface area contributed by atoms with Gasteiger partial charge in [0, 0.05) is 29.4 Å². The predicted octanol–water partition coefficient (Wildman–Crippen LogP) is 4.95. The molecule has 0 aliphatic heterocycles. The summed E-state index contributed by atoms with van der Waals surface area (Å²) in [5, 5.41) is 9.73. The van der Waals surface area contributed by atoms with Crippen molar-refractivity contribution in [1.29, 1.82) is 5.26 Å². The van der Waals surface area contributed by atoms with Gasteiger partial charge < -0.3 is 9.30 Å². The zero-order chi connectivity index (χ0) is 24.7. The number of hydrogen-bond acceptors (Lipinski definition) is 7. The highest BCUT2D eigenvalue weighted by atomic mass is 32.2. The van der Waals surface area contributed by atoms with Crippen molar-refractivity contribution in [2.24, 2.45) is 5.92 Å². The van der Waals surface area contributed by atoms with Crippen molar-refractivity contribution >= 4 is 27.5 Å². The second-order valence-corrected chi connectivity index (χ2v) is 11.3. The molecule has 0 aliphatic rings. The Morgan fingerprint density at radius 2 is 2.12 bits per heavy atom. The predicted molar refractivity (Wildman–Crippen MR) is 131 cm³/mol. The highest BCUT2D eigenvalue weighted by Crippen LogP contribution is 2.37. The van der Waals surface area contributed by atoms with Gasteiger partial charge >= 0.3 is 6.09 Å². The Bertz CT molecular complexity index is 1270. The van der Waals surface area contributed by atoms with Gasteiger partial charge in [0.05, 0.1) is 24.6 Å². The van der Waals surface area contributed by atoms with Crippen LogP contribution in [-0.2, 0) is 27.7 Å². The first kappa shape index (κ1) is 25.5. The van der Waals surface area contributed by atoms with Crippen molar-refractivity contribution in [2.45, 2.75) is 50.8 Å². The summed E-state index contributed by atoms with van der Waals surface area (Å²) in [6.07, 6.45) is 6.32.